The lowest BCUT2D eigenvalue weighted by molar-refractivity contribution is -0.135. The monoisotopic (exact) mass is 412 g/mol. The lowest BCUT2D eigenvalue weighted by atomic mass is 9.85. The molecule has 3 aromatic rings. The van der Waals surface area contributed by atoms with Crippen LogP contribution in [0.5, 0.6) is 0 Å². The SMILES string of the molecule is Cc1cccc2c1CCN(C(=O)CCC(=O)NCc1ccccc1)C2c1ccccc1. The van der Waals surface area contributed by atoms with Crippen molar-refractivity contribution in [1.82, 2.24) is 10.2 Å². The van der Waals surface area contributed by atoms with Gasteiger partial charge in [-0.15, -0.1) is 0 Å². The third-order valence-electron chi connectivity index (χ3n) is 5.99. The molecule has 1 aliphatic heterocycles. The highest BCUT2D eigenvalue weighted by atomic mass is 16.2. The third kappa shape index (κ3) is 4.85. The second-order valence-electron chi connectivity index (χ2n) is 8.06. The molecule has 3 aromatic carbocycles. The first-order chi connectivity index (χ1) is 15.1. The summed E-state index contributed by atoms with van der Waals surface area (Å²) in [6.07, 6.45) is 1.26. The smallest absolute Gasteiger partial charge is 0.223 e. The van der Waals surface area contributed by atoms with E-state index >= 15 is 0 Å². The van der Waals surface area contributed by atoms with Crippen molar-refractivity contribution in [2.24, 2.45) is 0 Å². The van der Waals surface area contributed by atoms with Crippen molar-refractivity contribution in [2.75, 3.05) is 6.54 Å². The number of benzene rings is 3. The van der Waals surface area contributed by atoms with E-state index in [9.17, 15) is 9.59 Å². The van der Waals surface area contributed by atoms with E-state index in [-0.39, 0.29) is 30.7 Å². The number of rotatable bonds is 6. The maximum Gasteiger partial charge on any atom is 0.223 e. The quantitative estimate of drug-likeness (QED) is 0.645. The number of hydrogen-bond donors (Lipinski definition) is 1. The van der Waals surface area contributed by atoms with Crippen molar-refractivity contribution in [3.63, 3.8) is 0 Å². The molecule has 1 N–H and O–H groups in total. The number of nitrogens with zero attached hydrogens (tertiary/aromatic N) is 1. The van der Waals surface area contributed by atoms with Crippen LogP contribution in [-0.2, 0) is 22.6 Å². The lowest BCUT2D eigenvalue weighted by Gasteiger charge is -2.38. The fourth-order valence-corrected chi connectivity index (χ4v) is 4.36. The summed E-state index contributed by atoms with van der Waals surface area (Å²) in [5.74, 6) is -0.0717. The molecule has 0 radical (unpaired) electrons. The van der Waals surface area contributed by atoms with Crippen LogP contribution in [0.2, 0.25) is 0 Å². The molecule has 0 aromatic heterocycles. The molecule has 158 valence electrons. The van der Waals surface area contributed by atoms with E-state index in [4.69, 9.17) is 0 Å². The predicted molar refractivity (Wildman–Crippen MR) is 122 cm³/mol. The van der Waals surface area contributed by atoms with E-state index in [2.05, 4.69) is 42.6 Å². The van der Waals surface area contributed by atoms with Crippen LogP contribution in [0.3, 0.4) is 0 Å². The van der Waals surface area contributed by atoms with E-state index in [1.165, 1.54) is 16.7 Å². The number of nitrogens with one attached hydrogen (secondary N) is 1. The summed E-state index contributed by atoms with van der Waals surface area (Å²) in [5, 5.41) is 2.91. The second-order valence-corrected chi connectivity index (χ2v) is 8.06. The molecule has 4 nitrogen and oxygen atoms in total. The van der Waals surface area contributed by atoms with Gasteiger partial charge in [0.25, 0.3) is 0 Å². The Morgan fingerprint density at radius 3 is 2.35 bits per heavy atom. The van der Waals surface area contributed by atoms with Crippen molar-refractivity contribution < 1.29 is 9.59 Å². The average molecular weight is 413 g/mol. The zero-order valence-electron chi connectivity index (χ0n) is 17.9. The standard InChI is InChI=1S/C27H28N2O2/c1-20-9-8-14-24-23(20)17-18-29(27(24)22-12-6-3-7-13-22)26(31)16-15-25(30)28-19-21-10-4-2-5-11-21/h2-14,27H,15-19H2,1H3,(H,28,30). The molecule has 0 saturated carbocycles. The minimum Gasteiger partial charge on any atom is -0.352 e. The topological polar surface area (TPSA) is 49.4 Å². The Hall–Kier alpha value is -3.40. The van der Waals surface area contributed by atoms with Crippen molar-refractivity contribution in [3.8, 4) is 0 Å². The molecule has 0 bridgehead atoms. The van der Waals surface area contributed by atoms with Gasteiger partial charge in [0.15, 0.2) is 0 Å². The van der Waals surface area contributed by atoms with Crippen LogP contribution >= 0.6 is 0 Å². The first-order valence-corrected chi connectivity index (χ1v) is 10.9. The minimum atomic E-state index is -0.107. The lowest BCUT2D eigenvalue weighted by Crippen LogP contribution is -2.41. The van der Waals surface area contributed by atoms with Gasteiger partial charge in [0.05, 0.1) is 6.04 Å². The van der Waals surface area contributed by atoms with Gasteiger partial charge in [-0.3, -0.25) is 9.59 Å². The van der Waals surface area contributed by atoms with Gasteiger partial charge in [-0.25, -0.2) is 0 Å². The number of hydrogen-bond acceptors (Lipinski definition) is 2. The van der Waals surface area contributed by atoms with Crippen molar-refractivity contribution >= 4 is 11.8 Å². The molecule has 1 heterocycles. The number of amides is 2. The highest BCUT2D eigenvalue weighted by Gasteiger charge is 2.32. The van der Waals surface area contributed by atoms with Gasteiger partial charge >= 0.3 is 0 Å². The predicted octanol–water partition coefficient (Wildman–Crippen LogP) is 4.57. The molecule has 4 rings (SSSR count). The summed E-state index contributed by atoms with van der Waals surface area (Å²) >= 11 is 0. The maximum atomic E-state index is 13.2. The van der Waals surface area contributed by atoms with Crippen LogP contribution in [0, 0.1) is 6.92 Å². The van der Waals surface area contributed by atoms with E-state index in [1.807, 2.05) is 53.4 Å². The zero-order valence-corrected chi connectivity index (χ0v) is 17.9. The summed E-state index contributed by atoms with van der Waals surface area (Å²) in [6, 6.07) is 26.2. The molecular formula is C27H28N2O2. The Morgan fingerprint density at radius 1 is 0.903 bits per heavy atom. The molecule has 1 unspecified atom stereocenters. The summed E-state index contributed by atoms with van der Waals surface area (Å²) in [4.78, 5) is 27.5. The van der Waals surface area contributed by atoms with Gasteiger partial charge in [-0.2, -0.15) is 0 Å². The van der Waals surface area contributed by atoms with E-state index in [0.717, 1.165) is 17.5 Å². The van der Waals surface area contributed by atoms with Crippen LogP contribution in [0.1, 0.15) is 46.7 Å². The Labute approximate surface area is 183 Å². The molecule has 0 spiro atoms. The molecule has 4 heteroatoms. The van der Waals surface area contributed by atoms with Gasteiger partial charge in [0.2, 0.25) is 11.8 Å². The molecule has 31 heavy (non-hydrogen) atoms. The van der Waals surface area contributed by atoms with Gasteiger partial charge in [0, 0.05) is 25.9 Å². The molecule has 0 aliphatic carbocycles. The maximum absolute atomic E-state index is 13.2. The molecule has 0 saturated heterocycles. The molecular weight excluding hydrogens is 384 g/mol. The molecule has 0 fully saturated rings. The average Bonchev–Trinajstić information content (AvgIpc) is 2.82. The summed E-state index contributed by atoms with van der Waals surface area (Å²) in [7, 11) is 0. The van der Waals surface area contributed by atoms with Crippen LogP contribution in [0.25, 0.3) is 0 Å². The van der Waals surface area contributed by atoms with Crippen LogP contribution < -0.4 is 5.32 Å². The van der Waals surface area contributed by atoms with Gasteiger partial charge in [0.1, 0.15) is 0 Å². The number of aryl methyl sites for hydroxylation is 1. The summed E-state index contributed by atoms with van der Waals surface area (Å²) < 4.78 is 0. The van der Waals surface area contributed by atoms with Gasteiger partial charge in [-0.1, -0.05) is 78.9 Å². The highest BCUT2D eigenvalue weighted by Crippen LogP contribution is 2.36. The summed E-state index contributed by atoms with van der Waals surface area (Å²) in [6.45, 7) is 3.29. The van der Waals surface area contributed by atoms with Crippen molar-refractivity contribution in [2.45, 2.75) is 38.8 Å². The van der Waals surface area contributed by atoms with E-state index in [0.29, 0.717) is 13.1 Å². The fourth-order valence-electron chi connectivity index (χ4n) is 4.36. The Bertz CT molecular complexity index is 1050. The van der Waals surface area contributed by atoms with Crippen LogP contribution in [-0.4, -0.2) is 23.3 Å². The van der Waals surface area contributed by atoms with E-state index in [1.54, 1.807) is 0 Å². The van der Waals surface area contributed by atoms with Gasteiger partial charge < -0.3 is 10.2 Å². The number of carbonyl (C=O) groups excluding carboxylic acids is 2. The summed E-state index contributed by atoms with van der Waals surface area (Å²) in [5.41, 5.74) is 5.96. The number of fused-ring (bicyclic) bond motifs is 1. The Kier molecular flexibility index (Phi) is 6.46. The molecule has 1 aliphatic rings. The van der Waals surface area contributed by atoms with Gasteiger partial charge in [-0.05, 0) is 41.2 Å². The van der Waals surface area contributed by atoms with Crippen molar-refractivity contribution in [3.05, 3.63) is 107 Å². The first kappa shape index (κ1) is 20.9. The second kappa shape index (κ2) is 9.61. The minimum absolute atomic E-state index is 0.0240. The van der Waals surface area contributed by atoms with Crippen LogP contribution in [0.15, 0.2) is 78.9 Å². The Balaban J connectivity index is 1.46. The van der Waals surface area contributed by atoms with Crippen LogP contribution in [0.4, 0.5) is 0 Å². The van der Waals surface area contributed by atoms with E-state index < -0.39 is 0 Å². The largest absolute Gasteiger partial charge is 0.352 e. The third-order valence-corrected chi connectivity index (χ3v) is 5.99. The normalized spacial score (nSPS) is 15.3. The first-order valence-electron chi connectivity index (χ1n) is 10.9. The highest BCUT2D eigenvalue weighted by molar-refractivity contribution is 5.84. The fraction of sp³-hybridized carbons (Fsp3) is 0.259. The van der Waals surface area contributed by atoms with Crippen molar-refractivity contribution in [1.29, 1.82) is 0 Å². The Morgan fingerprint density at radius 2 is 1.61 bits per heavy atom. The zero-order chi connectivity index (χ0) is 21.6. The number of carbonyl (C=O) groups is 2. The molecule has 2 amide bonds. The molecule has 1 atom stereocenters.